The van der Waals surface area contributed by atoms with Crippen LogP contribution in [0.4, 0.5) is 0 Å². The normalized spacial score (nSPS) is 7.54. The summed E-state index contributed by atoms with van der Waals surface area (Å²) in [6, 6.07) is 1.40. The molecule has 0 unspecified atom stereocenters. The van der Waals surface area contributed by atoms with Crippen molar-refractivity contribution >= 4 is 0 Å². The third kappa shape index (κ3) is 7.10. The Morgan fingerprint density at radius 1 is 1.46 bits per heavy atom. The van der Waals surface area contributed by atoms with Crippen molar-refractivity contribution in [1.29, 1.82) is 0 Å². The van der Waals surface area contributed by atoms with Crippen molar-refractivity contribution in [3.63, 3.8) is 0 Å². The number of nitrogens with one attached hydrogen (secondary N) is 1. The minimum atomic E-state index is -0.241. The van der Waals surface area contributed by atoms with Gasteiger partial charge in [0.25, 0.3) is 5.56 Å². The van der Waals surface area contributed by atoms with Crippen molar-refractivity contribution in [1.82, 2.24) is 10.2 Å². The van der Waals surface area contributed by atoms with E-state index in [-0.39, 0.29) is 110 Å². The Labute approximate surface area is 152 Å². The molecule has 0 atom stereocenters. The van der Waals surface area contributed by atoms with Gasteiger partial charge < -0.3 is 5.11 Å². The van der Waals surface area contributed by atoms with E-state index in [1.807, 2.05) is 0 Å². The SMILES string of the molecule is Cc1cc(=O)[nH]nc1CO.[Y].[Y].[Y]. The van der Waals surface area contributed by atoms with Crippen LogP contribution in [-0.4, -0.2) is 15.3 Å². The summed E-state index contributed by atoms with van der Waals surface area (Å²) in [6.45, 7) is 1.59. The molecule has 13 heavy (non-hydrogen) atoms. The number of hydrogen-bond donors (Lipinski definition) is 2. The Kier molecular flexibility index (Phi) is 16.9. The van der Waals surface area contributed by atoms with Crippen molar-refractivity contribution < 1.29 is 103 Å². The minimum Gasteiger partial charge on any atom is -0.390 e. The molecule has 2 N–H and O–H groups in total. The molecule has 1 rings (SSSR count). The first-order chi connectivity index (χ1) is 4.74. The van der Waals surface area contributed by atoms with E-state index in [0.717, 1.165) is 0 Å². The van der Waals surface area contributed by atoms with E-state index in [1.165, 1.54) is 6.07 Å². The Balaban J connectivity index is -0.000000333. The van der Waals surface area contributed by atoms with Gasteiger partial charge in [0.15, 0.2) is 0 Å². The molecule has 7 heteroatoms. The van der Waals surface area contributed by atoms with Crippen molar-refractivity contribution in [2.45, 2.75) is 13.5 Å². The number of rotatable bonds is 1. The first kappa shape index (κ1) is 20.5. The number of aliphatic hydroxyl groups excluding tert-OH is 1. The largest absolute Gasteiger partial charge is 0.390 e. The van der Waals surface area contributed by atoms with E-state index in [1.54, 1.807) is 6.92 Å². The van der Waals surface area contributed by atoms with E-state index in [2.05, 4.69) is 10.2 Å². The molecular formula is C6H8N2O2Y3. The van der Waals surface area contributed by atoms with Crippen molar-refractivity contribution in [3.05, 3.63) is 27.7 Å². The Morgan fingerprint density at radius 2 is 2.00 bits per heavy atom. The molecule has 1 heterocycles. The maximum absolute atomic E-state index is 10.6. The molecular weight excluding hydrogens is 399 g/mol. The van der Waals surface area contributed by atoms with Gasteiger partial charge in [-0.3, -0.25) is 4.79 Å². The molecule has 1 aromatic rings. The molecule has 0 aliphatic heterocycles. The van der Waals surface area contributed by atoms with Gasteiger partial charge in [-0.15, -0.1) is 0 Å². The zero-order valence-corrected chi connectivity index (χ0v) is 15.8. The van der Waals surface area contributed by atoms with Gasteiger partial charge in [0, 0.05) is 104 Å². The fourth-order valence-corrected chi connectivity index (χ4v) is 0.683. The Hall–Kier alpha value is 2.15. The molecule has 0 bridgehead atoms. The molecule has 4 nitrogen and oxygen atoms in total. The summed E-state index contributed by atoms with van der Waals surface area (Å²) in [7, 11) is 0. The molecule has 0 fully saturated rings. The summed E-state index contributed by atoms with van der Waals surface area (Å²) >= 11 is 0. The number of aliphatic hydroxyl groups is 1. The summed E-state index contributed by atoms with van der Waals surface area (Å²) in [5.74, 6) is 0. The topological polar surface area (TPSA) is 66.0 Å². The Morgan fingerprint density at radius 3 is 2.38 bits per heavy atom. The number of aryl methyl sites for hydroxylation is 1. The van der Waals surface area contributed by atoms with Gasteiger partial charge in [0.2, 0.25) is 0 Å². The van der Waals surface area contributed by atoms with Crippen LogP contribution in [-0.2, 0) is 105 Å². The number of aromatic amines is 1. The third-order valence-electron chi connectivity index (χ3n) is 1.25. The summed E-state index contributed by atoms with van der Waals surface area (Å²) in [6.07, 6.45) is 0. The van der Waals surface area contributed by atoms with Crippen LogP contribution in [0.2, 0.25) is 0 Å². The van der Waals surface area contributed by atoms with Crippen LogP contribution >= 0.6 is 0 Å². The van der Waals surface area contributed by atoms with Gasteiger partial charge in [0.1, 0.15) is 0 Å². The minimum absolute atomic E-state index is 0. The third-order valence-corrected chi connectivity index (χ3v) is 1.25. The van der Waals surface area contributed by atoms with E-state index in [4.69, 9.17) is 5.11 Å². The van der Waals surface area contributed by atoms with Gasteiger partial charge in [-0.2, -0.15) is 5.10 Å². The van der Waals surface area contributed by atoms with Crippen LogP contribution < -0.4 is 5.56 Å². The van der Waals surface area contributed by atoms with Crippen LogP contribution in [0.25, 0.3) is 0 Å². The van der Waals surface area contributed by atoms with E-state index < -0.39 is 0 Å². The number of nitrogens with zero attached hydrogens (tertiary/aromatic N) is 1. The van der Waals surface area contributed by atoms with Gasteiger partial charge in [0.05, 0.1) is 12.3 Å². The molecule has 0 aliphatic carbocycles. The van der Waals surface area contributed by atoms with Crippen LogP contribution in [0.1, 0.15) is 11.3 Å². The zero-order valence-electron chi connectivity index (χ0n) is 7.32. The van der Waals surface area contributed by atoms with Crippen LogP contribution in [0.15, 0.2) is 10.9 Å². The summed E-state index contributed by atoms with van der Waals surface area (Å²) in [5, 5.41) is 14.5. The second kappa shape index (κ2) is 10.7. The molecule has 1 aromatic heterocycles. The van der Waals surface area contributed by atoms with E-state index >= 15 is 0 Å². The average molecular weight is 407 g/mol. The quantitative estimate of drug-likeness (QED) is 0.665. The predicted octanol–water partition coefficient (Wildman–Crippen LogP) is -0.437. The van der Waals surface area contributed by atoms with Crippen molar-refractivity contribution in [3.8, 4) is 0 Å². The van der Waals surface area contributed by atoms with Gasteiger partial charge >= 0.3 is 0 Å². The monoisotopic (exact) mass is 407 g/mol. The molecule has 0 aliphatic rings. The van der Waals surface area contributed by atoms with Crippen LogP contribution in [0.3, 0.4) is 0 Å². The Bertz CT molecular complexity index is 289. The standard InChI is InChI=1S/C6H8N2O2.3Y/c1-4-2-6(10)8-7-5(4)3-9;;;/h2,9H,3H2,1H3,(H,8,10);;;. The number of H-pyrrole nitrogens is 1. The summed E-state index contributed by atoms with van der Waals surface area (Å²) < 4.78 is 0. The zero-order chi connectivity index (χ0) is 7.56. The maximum Gasteiger partial charge on any atom is 0.264 e. The van der Waals surface area contributed by atoms with Crippen LogP contribution in [0.5, 0.6) is 0 Å². The maximum atomic E-state index is 10.6. The fraction of sp³-hybridized carbons (Fsp3) is 0.333. The summed E-state index contributed by atoms with van der Waals surface area (Å²) in [4.78, 5) is 10.6. The first-order valence-electron chi connectivity index (χ1n) is 2.90. The van der Waals surface area contributed by atoms with Crippen molar-refractivity contribution in [2.24, 2.45) is 0 Å². The second-order valence-electron chi connectivity index (χ2n) is 2.02. The number of hydrogen-bond acceptors (Lipinski definition) is 3. The molecule has 0 spiro atoms. The first-order valence-corrected chi connectivity index (χ1v) is 2.90. The molecule has 0 saturated carbocycles. The van der Waals surface area contributed by atoms with E-state index in [0.29, 0.717) is 11.3 Å². The van der Waals surface area contributed by atoms with Crippen molar-refractivity contribution in [2.75, 3.05) is 0 Å². The second-order valence-corrected chi connectivity index (χ2v) is 2.02. The fourth-order valence-electron chi connectivity index (χ4n) is 0.683. The molecule has 3 radical (unpaired) electrons. The van der Waals surface area contributed by atoms with Gasteiger partial charge in [-0.25, -0.2) is 5.10 Å². The predicted molar refractivity (Wildman–Crippen MR) is 35.5 cm³/mol. The van der Waals surface area contributed by atoms with Gasteiger partial charge in [-0.1, -0.05) is 0 Å². The van der Waals surface area contributed by atoms with Crippen LogP contribution in [0, 0.1) is 6.92 Å². The van der Waals surface area contributed by atoms with E-state index in [9.17, 15) is 4.79 Å². The average Bonchev–Trinajstić information content (AvgIpc) is 1.88. The summed E-state index contributed by atoms with van der Waals surface area (Å²) in [5.41, 5.74) is 0.987. The molecule has 0 saturated heterocycles. The molecule has 0 aromatic carbocycles. The molecule has 63 valence electrons. The van der Waals surface area contributed by atoms with Gasteiger partial charge in [-0.05, 0) is 12.5 Å². The smallest absolute Gasteiger partial charge is 0.264 e. The number of aromatic nitrogens is 2. The molecule has 0 amide bonds.